The van der Waals surface area contributed by atoms with Crippen molar-refractivity contribution in [1.29, 1.82) is 0 Å². The Labute approximate surface area is 143 Å². The van der Waals surface area contributed by atoms with Crippen molar-refractivity contribution in [1.82, 2.24) is 19.7 Å². The summed E-state index contributed by atoms with van der Waals surface area (Å²) in [5.74, 6) is 0.788. The van der Waals surface area contributed by atoms with E-state index in [-0.39, 0.29) is 0 Å². The quantitative estimate of drug-likeness (QED) is 0.773. The lowest BCUT2D eigenvalue weighted by Crippen LogP contribution is -2.49. The molecule has 0 saturated heterocycles. The van der Waals surface area contributed by atoms with Crippen LogP contribution in [0.4, 0.5) is 0 Å². The van der Waals surface area contributed by atoms with E-state index in [2.05, 4.69) is 15.1 Å². The Bertz CT molecular complexity index is 488. The molecule has 0 spiro atoms. The molecule has 128 valence electrons. The van der Waals surface area contributed by atoms with Gasteiger partial charge in [0.05, 0.1) is 5.75 Å². The molecule has 6 heteroatoms. The molecule has 1 amide bonds. The van der Waals surface area contributed by atoms with Crippen molar-refractivity contribution in [2.24, 2.45) is 7.05 Å². The molecule has 0 N–H and O–H groups in total. The lowest BCUT2D eigenvalue weighted by molar-refractivity contribution is -0.135. The van der Waals surface area contributed by atoms with Crippen molar-refractivity contribution in [3.8, 4) is 0 Å². The number of aryl methyl sites for hydroxylation is 1. The molecule has 2 fully saturated rings. The Hall–Kier alpha value is -1.04. The third-order valence-electron chi connectivity index (χ3n) is 5.22. The van der Waals surface area contributed by atoms with Gasteiger partial charge in [0.25, 0.3) is 0 Å². The van der Waals surface area contributed by atoms with Crippen molar-refractivity contribution in [2.45, 2.75) is 81.4 Å². The molecule has 0 atom stereocenters. The molecule has 3 rings (SSSR count). The minimum Gasteiger partial charge on any atom is -0.336 e. The van der Waals surface area contributed by atoms with Crippen molar-refractivity contribution >= 4 is 17.7 Å². The summed E-state index contributed by atoms with van der Waals surface area (Å²) in [6, 6.07) is 0.943. The highest BCUT2D eigenvalue weighted by Gasteiger charge is 2.32. The van der Waals surface area contributed by atoms with Crippen LogP contribution < -0.4 is 0 Å². The van der Waals surface area contributed by atoms with Crippen LogP contribution in [0.2, 0.25) is 0 Å². The van der Waals surface area contributed by atoms with E-state index in [4.69, 9.17) is 0 Å². The summed E-state index contributed by atoms with van der Waals surface area (Å²) < 4.78 is 1.88. The Kier molecular flexibility index (Phi) is 5.97. The van der Waals surface area contributed by atoms with Crippen LogP contribution in [0.5, 0.6) is 0 Å². The summed E-state index contributed by atoms with van der Waals surface area (Å²) in [7, 11) is 1.92. The number of hydrogen-bond acceptors (Lipinski definition) is 4. The smallest absolute Gasteiger partial charge is 0.233 e. The first-order valence-electron chi connectivity index (χ1n) is 9.03. The number of nitrogens with zero attached hydrogens (tertiary/aromatic N) is 4. The number of rotatable bonds is 5. The van der Waals surface area contributed by atoms with Gasteiger partial charge >= 0.3 is 0 Å². The molecule has 0 aromatic carbocycles. The molecular weight excluding hydrogens is 308 g/mol. The third kappa shape index (κ3) is 4.28. The van der Waals surface area contributed by atoms with E-state index in [0.29, 0.717) is 23.7 Å². The average Bonchev–Trinajstić information content (AvgIpc) is 3.00. The van der Waals surface area contributed by atoms with Gasteiger partial charge in [0, 0.05) is 19.1 Å². The standard InChI is InChI=1S/C17H28N4OS/c1-20-13-18-19-17(20)23-12-16(22)21(14-8-4-2-5-9-14)15-10-6-3-7-11-15/h13-15H,2-12H2,1H3. The minimum absolute atomic E-state index is 0.303. The molecule has 0 aliphatic heterocycles. The van der Waals surface area contributed by atoms with Crippen LogP contribution in [0.25, 0.3) is 0 Å². The molecule has 1 heterocycles. The summed E-state index contributed by atoms with van der Waals surface area (Å²) in [6.45, 7) is 0. The van der Waals surface area contributed by atoms with Crippen LogP contribution in [-0.4, -0.2) is 43.4 Å². The van der Waals surface area contributed by atoms with Crippen LogP contribution in [0.15, 0.2) is 11.5 Å². The monoisotopic (exact) mass is 336 g/mol. The van der Waals surface area contributed by atoms with Crippen molar-refractivity contribution in [3.05, 3.63) is 6.33 Å². The van der Waals surface area contributed by atoms with Gasteiger partial charge in [0.2, 0.25) is 5.91 Å². The van der Waals surface area contributed by atoms with Gasteiger partial charge in [-0.1, -0.05) is 50.3 Å². The molecule has 1 aromatic rings. The summed E-state index contributed by atoms with van der Waals surface area (Å²) >= 11 is 1.52. The highest BCUT2D eigenvalue weighted by atomic mass is 32.2. The Morgan fingerprint density at radius 1 is 1.13 bits per heavy atom. The normalized spacial score (nSPS) is 20.6. The zero-order chi connectivity index (χ0) is 16.1. The van der Waals surface area contributed by atoms with Crippen LogP contribution in [0.1, 0.15) is 64.2 Å². The maximum Gasteiger partial charge on any atom is 0.233 e. The van der Waals surface area contributed by atoms with Gasteiger partial charge in [0.1, 0.15) is 6.33 Å². The fourth-order valence-corrected chi connectivity index (χ4v) is 4.79. The first-order chi connectivity index (χ1) is 11.3. The number of carbonyl (C=O) groups excluding carboxylic acids is 1. The molecule has 2 aliphatic carbocycles. The molecule has 23 heavy (non-hydrogen) atoms. The fourth-order valence-electron chi connectivity index (χ4n) is 4.03. The summed E-state index contributed by atoms with van der Waals surface area (Å²) in [5.41, 5.74) is 0. The molecule has 0 radical (unpaired) electrons. The topological polar surface area (TPSA) is 51.0 Å². The first kappa shape index (κ1) is 16.8. The molecular formula is C17H28N4OS. The van der Waals surface area contributed by atoms with Gasteiger partial charge in [-0.2, -0.15) is 0 Å². The van der Waals surface area contributed by atoms with Gasteiger partial charge in [0.15, 0.2) is 5.16 Å². The first-order valence-corrected chi connectivity index (χ1v) is 10.0. The molecule has 0 bridgehead atoms. The van der Waals surface area contributed by atoms with Gasteiger partial charge in [-0.3, -0.25) is 4.79 Å². The van der Waals surface area contributed by atoms with Crippen LogP contribution in [0.3, 0.4) is 0 Å². The molecule has 2 saturated carbocycles. The number of thioether (sulfide) groups is 1. The van der Waals surface area contributed by atoms with E-state index in [1.54, 1.807) is 6.33 Å². The molecule has 0 unspecified atom stereocenters. The Morgan fingerprint density at radius 3 is 2.17 bits per heavy atom. The number of amides is 1. The second-order valence-corrected chi connectivity index (χ2v) is 7.84. The van der Waals surface area contributed by atoms with Gasteiger partial charge < -0.3 is 9.47 Å². The second-order valence-electron chi connectivity index (χ2n) is 6.90. The zero-order valence-corrected chi connectivity index (χ0v) is 14.9. The predicted molar refractivity (Wildman–Crippen MR) is 92.3 cm³/mol. The largest absolute Gasteiger partial charge is 0.336 e. The highest BCUT2D eigenvalue weighted by molar-refractivity contribution is 7.99. The summed E-state index contributed by atoms with van der Waals surface area (Å²) in [4.78, 5) is 15.3. The summed E-state index contributed by atoms with van der Waals surface area (Å²) in [5, 5.41) is 8.79. The van der Waals surface area contributed by atoms with Crippen LogP contribution in [-0.2, 0) is 11.8 Å². The Morgan fingerprint density at radius 2 is 1.70 bits per heavy atom. The number of carbonyl (C=O) groups is 1. The van der Waals surface area contributed by atoms with Crippen molar-refractivity contribution in [3.63, 3.8) is 0 Å². The molecule has 2 aliphatic rings. The SMILES string of the molecule is Cn1cnnc1SCC(=O)N(C1CCCCC1)C1CCCCC1. The number of aromatic nitrogens is 3. The van der Waals surface area contributed by atoms with E-state index in [9.17, 15) is 4.79 Å². The molecule has 5 nitrogen and oxygen atoms in total. The zero-order valence-electron chi connectivity index (χ0n) is 14.1. The number of hydrogen-bond donors (Lipinski definition) is 0. The van der Waals surface area contributed by atoms with E-state index in [1.807, 2.05) is 11.6 Å². The maximum atomic E-state index is 13.0. The second kappa shape index (κ2) is 8.18. The van der Waals surface area contributed by atoms with Crippen molar-refractivity contribution < 1.29 is 4.79 Å². The van der Waals surface area contributed by atoms with E-state index in [1.165, 1.54) is 76.0 Å². The van der Waals surface area contributed by atoms with E-state index < -0.39 is 0 Å². The summed E-state index contributed by atoms with van der Waals surface area (Å²) in [6.07, 6.45) is 14.2. The van der Waals surface area contributed by atoms with Gasteiger partial charge in [-0.15, -0.1) is 10.2 Å². The van der Waals surface area contributed by atoms with Crippen molar-refractivity contribution in [2.75, 3.05) is 5.75 Å². The predicted octanol–water partition coefficient (Wildman–Crippen LogP) is 3.40. The average molecular weight is 337 g/mol. The lowest BCUT2D eigenvalue weighted by atomic mass is 9.88. The molecule has 1 aromatic heterocycles. The maximum absolute atomic E-state index is 13.0. The van der Waals surface area contributed by atoms with Gasteiger partial charge in [-0.05, 0) is 25.7 Å². The highest BCUT2D eigenvalue weighted by Crippen LogP contribution is 2.31. The van der Waals surface area contributed by atoms with E-state index in [0.717, 1.165) is 5.16 Å². The minimum atomic E-state index is 0.303. The van der Waals surface area contributed by atoms with E-state index >= 15 is 0 Å². The van der Waals surface area contributed by atoms with Gasteiger partial charge in [-0.25, -0.2) is 0 Å². The van der Waals surface area contributed by atoms with Crippen LogP contribution >= 0.6 is 11.8 Å². The third-order valence-corrected chi connectivity index (χ3v) is 6.24. The van der Waals surface area contributed by atoms with Crippen LogP contribution in [0, 0.1) is 0 Å². The fraction of sp³-hybridized carbons (Fsp3) is 0.824. The lowest BCUT2D eigenvalue weighted by Gasteiger charge is -2.41. The Balaban J connectivity index is 1.65.